The molecule has 0 saturated heterocycles. The zero-order chi connectivity index (χ0) is 38.8. The predicted molar refractivity (Wildman–Crippen MR) is 227 cm³/mol. The second-order valence-electron chi connectivity index (χ2n) is 18.7. The lowest BCUT2D eigenvalue weighted by Crippen LogP contribution is -2.48. The summed E-state index contributed by atoms with van der Waals surface area (Å²) >= 11 is 0. The van der Waals surface area contributed by atoms with Crippen LogP contribution in [0.25, 0.3) is 0 Å². The van der Waals surface area contributed by atoms with E-state index in [2.05, 4.69) is 34.5 Å². The molecule has 1 heterocycles. The van der Waals surface area contributed by atoms with E-state index in [0.29, 0.717) is 31.5 Å². The van der Waals surface area contributed by atoms with Crippen LogP contribution >= 0.6 is 0 Å². The Morgan fingerprint density at radius 3 is 1.71 bits per heavy atom. The smallest absolute Gasteiger partial charge is 0.305 e. The summed E-state index contributed by atoms with van der Waals surface area (Å²) in [6, 6.07) is 0. The zero-order valence-electron chi connectivity index (χ0n) is 36.0. The Morgan fingerprint density at radius 1 is 0.655 bits per heavy atom. The molecule has 55 heavy (non-hydrogen) atoms. The highest BCUT2D eigenvalue weighted by Crippen LogP contribution is 2.60. The van der Waals surface area contributed by atoms with Crippen LogP contribution in [0.5, 0.6) is 0 Å². The molecule has 316 valence electrons. The second kappa shape index (κ2) is 27.7. The van der Waals surface area contributed by atoms with Crippen LogP contribution in [0.15, 0.2) is 18.7 Å². The minimum atomic E-state index is 0.00665. The van der Waals surface area contributed by atoms with Crippen LogP contribution in [-0.4, -0.2) is 59.2 Å². The molecule has 4 aliphatic carbocycles. The van der Waals surface area contributed by atoms with Gasteiger partial charge in [0.1, 0.15) is 0 Å². The van der Waals surface area contributed by atoms with Gasteiger partial charge in [-0.3, -0.25) is 9.59 Å². The minimum absolute atomic E-state index is 0.00665. The molecule has 0 unspecified atom stereocenters. The van der Waals surface area contributed by atoms with Crippen LogP contribution in [0.4, 0.5) is 0 Å². The summed E-state index contributed by atoms with van der Waals surface area (Å²) in [7, 11) is 0. The van der Waals surface area contributed by atoms with Crippen molar-refractivity contribution in [3.63, 3.8) is 0 Å². The molecule has 5 rings (SSSR count). The fraction of sp³-hybridized carbons (Fsp3) is 0.896. The summed E-state index contributed by atoms with van der Waals surface area (Å²) in [5.74, 6) is 3.50. The van der Waals surface area contributed by atoms with E-state index >= 15 is 0 Å². The summed E-state index contributed by atoms with van der Waals surface area (Å²) in [6.07, 6.45) is 42.1. The number of carbonyl (C=O) groups is 2. The van der Waals surface area contributed by atoms with E-state index in [9.17, 15) is 9.59 Å². The van der Waals surface area contributed by atoms with Crippen LogP contribution in [0.3, 0.4) is 0 Å². The van der Waals surface area contributed by atoms with Gasteiger partial charge in [0.15, 0.2) is 0 Å². The van der Waals surface area contributed by atoms with E-state index in [1.165, 1.54) is 141 Å². The summed E-state index contributed by atoms with van der Waals surface area (Å²) < 4.78 is 13.8. The van der Waals surface area contributed by atoms with Gasteiger partial charge in [0.05, 0.1) is 19.5 Å². The molecule has 1 aromatic heterocycles. The average Bonchev–Trinajstić information content (AvgIpc) is 3.69. The fourth-order valence-electron chi connectivity index (χ4n) is 10.8. The molecular weight excluding hydrogens is 683 g/mol. The SMILES string of the molecule is CCCCCCC(CCCCCC)CCOC(=O)CCCCCCCN(CCCCCCCC(=O)OCC12CC3CC(CC(C3)C1)C2)CCCn1ccnc1. The number of carbonyl (C=O) groups excluding carboxylic acids is 2. The maximum absolute atomic E-state index is 12.6. The van der Waals surface area contributed by atoms with Crippen molar-refractivity contribution in [2.75, 3.05) is 32.8 Å². The molecule has 0 aliphatic heterocycles. The van der Waals surface area contributed by atoms with Crippen molar-refractivity contribution in [1.29, 1.82) is 0 Å². The van der Waals surface area contributed by atoms with Crippen molar-refractivity contribution in [2.24, 2.45) is 29.1 Å². The zero-order valence-corrected chi connectivity index (χ0v) is 36.0. The average molecular weight is 768 g/mol. The third-order valence-corrected chi connectivity index (χ3v) is 13.6. The predicted octanol–water partition coefficient (Wildman–Crippen LogP) is 12.5. The number of esters is 2. The molecule has 4 fully saturated rings. The first-order chi connectivity index (χ1) is 27.0. The fourth-order valence-corrected chi connectivity index (χ4v) is 10.8. The molecule has 0 radical (unpaired) electrons. The van der Waals surface area contributed by atoms with Crippen LogP contribution in [0.1, 0.15) is 206 Å². The van der Waals surface area contributed by atoms with Gasteiger partial charge in [0, 0.05) is 37.2 Å². The van der Waals surface area contributed by atoms with E-state index in [1.54, 1.807) is 0 Å². The maximum Gasteiger partial charge on any atom is 0.305 e. The van der Waals surface area contributed by atoms with Gasteiger partial charge in [0.2, 0.25) is 0 Å². The van der Waals surface area contributed by atoms with Crippen molar-refractivity contribution in [3.05, 3.63) is 18.7 Å². The highest BCUT2D eigenvalue weighted by Gasteiger charge is 2.51. The van der Waals surface area contributed by atoms with Gasteiger partial charge in [-0.25, -0.2) is 4.98 Å². The van der Waals surface area contributed by atoms with E-state index in [0.717, 1.165) is 88.4 Å². The summed E-state index contributed by atoms with van der Waals surface area (Å²) in [4.78, 5) is 31.9. The number of unbranched alkanes of at least 4 members (excludes halogenated alkanes) is 14. The number of ether oxygens (including phenoxy) is 2. The Labute approximate surface area is 338 Å². The molecule has 7 nitrogen and oxygen atoms in total. The van der Waals surface area contributed by atoms with Crippen LogP contribution in [0.2, 0.25) is 0 Å². The molecule has 4 bridgehead atoms. The molecule has 0 amide bonds. The van der Waals surface area contributed by atoms with E-state index < -0.39 is 0 Å². The third kappa shape index (κ3) is 19.4. The second-order valence-corrected chi connectivity index (χ2v) is 18.7. The Morgan fingerprint density at radius 2 is 1.16 bits per heavy atom. The highest BCUT2D eigenvalue weighted by molar-refractivity contribution is 5.69. The summed E-state index contributed by atoms with van der Waals surface area (Å²) in [6.45, 7) is 10.3. The van der Waals surface area contributed by atoms with Gasteiger partial charge < -0.3 is 18.9 Å². The molecular formula is C48H85N3O4. The van der Waals surface area contributed by atoms with Crippen molar-refractivity contribution in [2.45, 2.75) is 213 Å². The molecule has 4 saturated carbocycles. The quantitative estimate of drug-likeness (QED) is 0.0506. The van der Waals surface area contributed by atoms with Crippen molar-refractivity contribution < 1.29 is 19.1 Å². The molecule has 0 spiro atoms. The molecule has 0 N–H and O–H groups in total. The first-order valence-electron chi connectivity index (χ1n) is 24.0. The Bertz CT molecular complexity index is 1080. The van der Waals surface area contributed by atoms with Gasteiger partial charge >= 0.3 is 11.9 Å². The lowest BCUT2D eigenvalue weighted by atomic mass is 9.50. The van der Waals surface area contributed by atoms with Crippen molar-refractivity contribution in [1.82, 2.24) is 14.5 Å². The summed E-state index contributed by atoms with van der Waals surface area (Å²) in [5.41, 5.74) is 0.328. The van der Waals surface area contributed by atoms with E-state index in [4.69, 9.17) is 9.47 Å². The van der Waals surface area contributed by atoms with Gasteiger partial charge in [0.25, 0.3) is 0 Å². The number of aromatic nitrogens is 2. The third-order valence-electron chi connectivity index (χ3n) is 13.6. The van der Waals surface area contributed by atoms with Gasteiger partial charge in [-0.2, -0.15) is 0 Å². The lowest BCUT2D eigenvalue weighted by Gasteiger charge is -2.56. The molecule has 4 aliphatic rings. The Hall–Kier alpha value is -1.89. The highest BCUT2D eigenvalue weighted by atomic mass is 16.5. The van der Waals surface area contributed by atoms with Crippen molar-refractivity contribution in [3.8, 4) is 0 Å². The van der Waals surface area contributed by atoms with E-state index in [1.807, 2.05) is 12.5 Å². The molecule has 0 aromatic carbocycles. The van der Waals surface area contributed by atoms with E-state index in [-0.39, 0.29) is 11.9 Å². The number of rotatable bonds is 35. The largest absolute Gasteiger partial charge is 0.466 e. The Balaban J connectivity index is 1.00. The number of hydrogen-bond donors (Lipinski definition) is 0. The number of aryl methyl sites for hydroxylation is 1. The van der Waals surface area contributed by atoms with Crippen molar-refractivity contribution >= 4 is 11.9 Å². The monoisotopic (exact) mass is 768 g/mol. The van der Waals surface area contributed by atoms with Gasteiger partial charge in [-0.1, -0.05) is 117 Å². The number of hydrogen-bond acceptors (Lipinski definition) is 6. The van der Waals surface area contributed by atoms with Gasteiger partial charge in [-0.15, -0.1) is 0 Å². The number of nitrogens with zero attached hydrogens (tertiary/aromatic N) is 3. The maximum atomic E-state index is 12.6. The summed E-state index contributed by atoms with van der Waals surface area (Å²) in [5, 5.41) is 0. The number of imidazole rings is 1. The normalized spacial score (nSPS) is 21.6. The first-order valence-corrected chi connectivity index (χ1v) is 24.0. The topological polar surface area (TPSA) is 73.7 Å². The lowest BCUT2D eigenvalue weighted by molar-refractivity contribution is -0.155. The minimum Gasteiger partial charge on any atom is -0.466 e. The Kier molecular flexibility index (Phi) is 23.1. The first kappa shape index (κ1) is 45.8. The molecule has 7 heteroatoms. The van der Waals surface area contributed by atoms with Crippen LogP contribution < -0.4 is 0 Å². The van der Waals surface area contributed by atoms with Crippen LogP contribution in [0, 0.1) is 29.1 Å². The molecule has 0 atom stereocenters. The van der Waals surface area contributed by atoms with Gasteiger partial charge in [-0.05, 0) is 120 Å². The standard InChI is InChI=1S/C48H85N3O4/c1-3-5-7-15-22-42(23-16-8-6-4-2)26-33-54-46(52)24-17-11-9-13-19-28-50(30-21-31-51-32-27-49-41-51)29-20-14-10-12-18-25-47(53)55-40-48-37-43-34-44(38-48)36-45(35-43)39-48/h27,32,41-45H,3-26,28-31,33-40H2,1-2H3. The van der Waals surface area contributed by atoms with Crippen LogP contribution in [-0.2, 0) is 25.6 Å². The molecule has 1 aromatic rings.